The Hall–Kier alpha value is -3.02. The van der Waals surface area contributed by atoms with Gasteiger partial charge in [-0.05, 0) is 31.5 Å². The van der Waals surface area contributed by atoms with Crippen molar-refractivity contribution >= 4 is 23.1 Å². The monoisotopic (exact) mass is 566 g/mol. The van der Waals surface area contributed by atoms with Crippen LogP contribution in [0.15, 0.2) is 29.1 Å². The second kappa shape index (κ2) is 12.7. The van der Waals surface area contributed by atoms with Crippen LogP contribution >= 0.6 is 0 Å². The third-order valence-corrected chi connectivity index (χ3v) is 7.20. The Morgan fingerprint density at radius 2 is 1.82 bits per heavy atom. The van der Waals surface area contributed by atoms with Crippen molar-refractivity contribution in [1.82, 2.24) is 9.97 Å². The van der Waals surface area contributed by atoms with Gasteiger partial charge in [0.15, 0.2) is 12.1 Å². The molecule has 0 unspecified atom stereocenters. The topological polar surface area (TPSA) is 248 Å². The first-order chi connectivity index (χ1) is 19.0. The Balaban J connectivity index is 1.27. The number of benzene rings is 1. The highest BCUT2D eigenvalue weighted by atomic mass is 16.7. The molecule has 0 spiro atoms. The maximum Gasteiger partial charge on any atom is 0.277 e. The average molecular weight is 567 g/mol. The van der Waals surface area contributed by atoms with Crippen molar-refractivity contribution in [1.29, 1.82) is 0 Å². The standard InChI is InChI=1S/C25H38N6O9/c1-10(17-11(2)28-22-18(29-17)23(38)31-25(26)30-22)27-13-5-3-12(4-6-13)7-14(33)19(35)15(34)9-39-24-21(37)20(36)16(8-32)40-24/h3-6,10-11,14-17,19-21,24,27,29,32-37H,7-9H2,1-2H3,(H4,26,28,30,31,38)/t10-,11+,14+,15-,16-,17+,19+,20-,21-,24+/m1/s1. The summed E-state index contributed by atoms with van der Waals surface area (Å²) < 4.78 is 10.4. The van der Waals surface area contributed by atoms with Crippen LogP contribution in [0.3, 0.4) is 0 Å². The van der Waals surface area contributed by atoms with Gasteiger partial charge in [0, 0.05) is 24.2 Å². The summed E-state index contributed by atoms with van der Waals surface area (Å²) in [6.45, 7) is 2.93. The number of anilines is 4. The number of H-pyrrole nitrogens is 1. The quantitative estimate of drug-likeness (QED) is 0.135. The Bertz CT molecular complexity index is 1180. The zero-order chi connectivity index (χ0) is 29.1. The van der Waals surface area contributed by atoms with Crippen LogP contribution < -0.4 is 27.2 Å². The summed E-state index contributed by atoms with van der Waals surface area (Å²) in [5.41, 5.74) is 7.09. The second-order valence-electron chi connectivity index (χ2n) is 10.3. The van der Waals surface area contributed by atoms with Crippen molar-refractivity contribution in [3.05, 3.63) is 40.2 Å². The third-order valence-electron chi connectivity index (χ3n) is 7.20. The van der Waals surface area contributed by atoms with Crippen LogP contribution in [0.25, 0.3) is 0 Å². The molecular formula is C25H38N6O9. The number of nitrogens with two attached hydrogens (primary N) is 1. The van der Waals surface area contributed by atoms with Crippen LogP contribution in [0.2, 0.25) is 0 Å². The number of aromatic nitrogens is 2. The smallest absolute Gasteiger partial charge is 0.277 e. The number of nitrogens with one attached hydrogen (secondary N) is 4. The summed E-state index contributed by atoms with van der Waals surface area (Å²) in [5, 5.41) is 69.7. The zero-order valence-corrected chi connectivity index (χ0v) is 22.1. The summed E-state index contributed by atoms with van der Waals surface area (Å²) in [6, 6.07) is 6.84. The molecule has 15 nitrogen and oxygen atoms in total. The van der Waals surface area contributed by atoms with Crippen LogP contribution in [0.4, 0.5) is 23.1 Å². The van der Waals surface area contributed by atoms with Gasteiger partial charge >= 0.3 is 0 Å². The van der Waals surface area contributed by atoms with Gasteiger partial charge in [-0.3, -0.25) is 9.78 Å². The van der Waals surface area contributed by atoms with Crippen LogP contribution in [0, 0.1) is 0 Å². The highest BCUT2D eigenvalue weighted by Crippen LogP contribution is 2.26. The molecule has 1 fully saturated rings. The van der Waals surface area contributed by atoms with Gasteiger partial charge in [-0.15, -0.1) is 0 Å². The summed E-state index contributed by atoms with van der Waals surface area (Å²) in [4.78, 5) is 18.9. The first-order valence-corrected chi connectivity index (χ1v) is 13.0. The van der Waals surface area contributed by atoms with E-state index in [1.54, 1.807) is 12.1 Å². The molecule has 3 heterocycles. The van der Waals surface area contributed by atoms with E-state index in [2.05, 4.69) is 25.9 Å². The van der Waals surface area contributed by atoms with E-state index in [1.165, 1.54) is 0 Å². The van der Waals surface area contributed by atoms with E-state index >= 15 is 0 Å². The summed E-state index contributed by atoms with van der Waals surface area (Å²) in [5.74, 6) is 0.434. The molecule has 0 amide bonds. The third kappa shape index (κ3) is 6.64. The lowest BCUT2D eigenvalue weighted by Crippen LogP contribution is -2.51. The average Bonchev–Trinajstić information content (AvgIpc) is 3.19. The fourth-order valence-electron chi connectivity index (χ4n) is 4.89. The van der Waals surface area contributed by atoms with Crippen LogP contribution in [-0.4, -0.2) is 115 Å². The van der Waals surface area contributed by atoms with E-state index in [1.807, 2.05) is 26.0 Å². The van der Waals surface area contributed by atoms with E-state index in [0.717, 1.165) is 5.69 Å². The van der Waals surface area contributed by atoms with Gasteiger partial charge in [0.25, 0.3) is 5.56 Å². The predicted octanol–water partition coefficient (Wildman–Crippen LogP) is -2.47. The van der Waals surface area contributed by atoms with E-state index in [0.29, 0.717) is 17.1 Å². The first kappa shape index (κ1) is 30.0. The number of aliphatic hydroxyl groups excluding tert-OH is 6. The molecule has 4 rings (SSSR count). The first-order valence-electron chi connectivity index (χ1n) is 13.0. The van der Waals surface area contributed by atoms with Crippen molar-refractivity contribution < 1.29 is 40.1 Å². The van der Waals surface area contributed by atoms with Gasteiger partial charge in [0.1, 0.15) is 36.2 Å². The Kier molecular flexibility index (Phi) is 9.48. The zero-order valence-electron chi connectivity index (χ0n) is 22.1. The molecule has 2 aliphatic rings. The normalized spacial score (nSPS) is 29.0. The minimum absolute atomic E-state index is 0.0339. The molecule has 12 N–H and O–H groups in total. The largest absolute Gasteiger partial charge is 0.394 e. The minimum Gasteiger partial charge on any atom is -0.394 e. The summed E-state index contributed by atoms with van der Waals surface area (Å²) >= 11 is 0. The van der Waals surface area contributed by atoms with E-state index in [4.69, 9.17) is 20.3 Å². The highest BCUT2D eigenvalue weighted by molar-refractivity contribution is 5.68. The van der Waals surface area contributed by atoms with Gasteiger partial charge < -0.3 is 61.8 Å². The number of fused-ring (bicyclic) bond motifs is 1. The van der Waals surface area contributed by atoms with Crippen molar-refractivity contribution in [3.63, 3.8) is 0 Å². The maximum atomic E-state index is 12.3. The molecule has 10 atom stereocenters. The molecule has 0 aliphatic carbocycles. The molecule has 0 radical (unpaired) electrons. The molecule has 2 aliphatic heterocycles. The van der Waals surface area contributed by atoms with Crippen molar-refractivity contribution in [2.75, 3.05) is 34.9 Å². The van der Waals surface area contributed by atoms with Gasteiger partial charge in [-0.25, -0.2) is 0 Å². The number of hydrogen-bond acceptors (Lipinski definition) is 14. The minimum atomic E-state index is -1.56. The molecule has 40 heavy (non-hydrogen) atoms. The van der Waals surface area contributed by atoms with Crippen LogP contribution in [0.1, 0.15) is 19.4 Å². The van der Waals surface area contributed by atoms with Crippen molar-refractivity contribution in [3.8, 4) is 0 Å². The maximum absolute atomic E-state index is 12.3. The Labute approximate surface area is 230 Å². The molecule has 1 aromatic heterocycles. The molecule has 15 heteroatoms. The van der Waals surface area contributed by atoms with Gasteiger partial charge in [0.05, 0.1) is 25.4 Å². The number of aromatic amines is 1. The molecule has 0 saturated carbocycles. The van der Waals surface area contributed by atoms with E-state index < -0.39 is 56.1 Å². The molecule has 2 aromatic rings. The fourth-order valence-corrected chi connectivity index (χ4v) is 4.89. The van der Waals surface area contributed by atoms with E-state index in [-0.39, 0.29) is 36.1 Å². The lowest BCUT2D eigenvalue weighted by atomic mass is 9.98. The van der Waals surface area contributed by atoms with Crippen molar-refractivity contribution in [2.45, 2.75) is 81.3 Å². The molecule has 1 saturated heterocycles. The number of rotatable bonds is 11. The molecule has 1 aromatic carbocycles. The highest BCUT2D eigenvalue weighted by Gasteiger charge is 2.43. The SMILES string of the molecule is C[C@@H]1Nc2nc(N)[nH]c(=O)c2N[C@H]1[C@@H](C)Nc1ccc(C[C@H](O)[C@H](O)[C@H](O)CO[C@H]2O[C@H](CO)[C@@H](O)[C@H]2O)cc1. The lowest BCUT2D eigenvalue weighted by molar-refractivity contribution is -0.193. The van der Waals surface area contributed by atoms with Crippen LogP contribution in [0.5, 0.6) is 0 Å². The number of ether oxygens (including phenoxy) is 2. The Morgan fingerprint density at radius 1 is 1.12 bits per heavy atom. The fraction of sp³-hybridized carbons (Fsp3) is 0.600. The molecular weight excluding hydrogens is 528 g/mol. The molecule has 222 valence electrons. The van der Waals surface area contributed by atoms with Crippen molar-refractivity contribution in [2.24, 2.45) is 0 Å². The molecule has 0 bridgehead atoms. The Morgan fingerprint density at radius 3 is 2.48 bits per heavy atom. The number of aliphatic hydroxyl groups is 6. The summed E-state index contributed by atoms with van der Waals surface area (Å²) in [6.07, 6.45) is -9.42. The number of nitrogen functional groups attached to an aromatic ring is 1. The second-order valence-corrected chi connectivity index (χ2v) is 10.3. The lowest BCUT2D eigenvalue weighted by Gasteiger charge is -2.37. The number of hydrogen-bond donors (Lipinski definition) is 11. The van der Waals surface area contributed by atoms with E-state index in [9.17, 15) is 30.3 Å². The predicted molar refractivity (Wildman–Crippen MR) is 145 cm³/mol. The van der Waals surface area contributed by atoms with Gasteiger partial charge in [-0.2, -0.15) is 4.98 Å². The van der Waals surface area contributed by atoms with Gasteiger partial charge in [0.2, 0.25) is 5.95 Å². The van der Waals surface area contributed by atoms with Crippen LogP contribution in [-0.2, 0) is 15.9 Å². The van der Waals surface area contributed by atoms with Gasteiger partial charge in [-0.1, -0.05) is 12.1 Å². The number of nitrogens with zero attached hydrogens (tertiary/aromatic N) is 1. The summed E-state index contributed by atoms with van der Waals surface area (Å²) in [7, 11) is 0.